The van der Waals surface area contributed by atoms with Crippen LogP contribution in [0.2, 0.25) is 0 Å². The lowest BCUT2D eigenvalue weighted by atomic mass is 10.6. The highest BCUT2D eigenvalue weighted by Gasteiger charge is 2.27. The van der Waals surface area contributed by atoms with Gasteiger partial charge in [0.25, 0.3) is 5.95 Å². The van der Waals surface area contributed by atoms with Crippen LogP contribution in [0, 0.1) is 5.21 Å². The molecule has 7 heteroatoms. The Morgan fingerprint density at radius 2 is 2.21 bits per heavy atom. The summed E-state index contributed by atoms with van der Waals surface area (Å²) >= 11 is 0. The first-order valence-electron chi connectivity index (χ1n) is 3.74. The van der Waals surface area contributed by atoms with Crippen molar-refractivity contribution in [3.8, 4) is 12.0 Å². The molecule has 0 aliphatic carbocycles. The van der Waals surface area contributed by atoms with Crippen LogP contribution >= 0.6 is 0 Å². The lowest BCUT2D eigenvalue weighted by Crippen LogP contribution is -2.27. The van der Waals surface area contributed by atoms with Gasteiger partial charge in [-0.25, -0.2) is 0 Å². The van der Waals surface area contributed by atoms with E-state index in [-0.39, 0.29) is 23.2 Å². The number of aromatic nitrogens is 2. The molecule has 2 aromatic heterocycles. The van der Waals surface area contributed by atoms with Crippen molar-refractivity contribution in [1.29, 1.82) is 0 Å². The van der Waals surface area contributed by atoms with Crippen molar-refractivity contribution in [1.82, 2.24) is 4.73 Å². The van der Waals surface area contributed by atoms with Gasteiger partial charge in [0.15, 0.2) is 0 Å². The number of fused-ring (bicyclic) bond motifs is 1. The zero-order valence-electron chi connectivity index (χ0n) is 7.55. The summed E-state index contributed by atoms with van der Waals surface area (Å²) in [5.41, 5.74) is 0.120. The van der Waals surface area contributed by atoms with Gasteiger partial charge < -0.3 is 24.3 Å². The quantitative estimate of drug-likeness (QED) is 0.423. The predicted octanol–water partition coefficient (Wildman–Crippen LogP) is 0.122. The third kappa shape index (κ3) is 0.889. The first-order valence-corrected chi connectivity index (χ1v) is 3.74. The molecule has 2 heterocycles. The predicted molar refractivity (Wildman–Crippen MR) is 43.5 cm³/mol. The van der Waals surface area contributed by atoms with Gasteiger partial charge in [-0.1, -0.05) is 0 Å². The zero-order valence-corrected chi connectivity index (χ0v) is 7.55. The summed E-state index contributed by atoms with van der Waals surface area (Å²) in [7, 11) is 2.67. The molecule has 0 saturated carbocycles. The molecule has 0 amide bonds. The van der Waals surface area contributed by atoms with Gasteiger partial charge in [0, 0.05) is 4.73 Å². The van der Waals surface area contributed by atoms with E-state index in [9.17, 15) is 10.4 Å². The van der Waals surface area contributed by atoms with Crippen LogP contribution in [-0.4, -0.2) is 24.2 Å². The van der Waals surface area contributed by atoms with Crippen LogP contribution < -0.4 is 14.2 Å². The third-order valence-corrected chi connectivity index (χ3v) is 1.82. The fraction of sp³-hybridized carbons (Fsp3) is 0.286. The van der Waals surface area contributed by atoms with E-state index in [4.69, 9.17) is 9.15 Å². The summed E-state index contributed by atoms with van der Waals surface area (Å²) < 4.78 is 15.3. The number of imidazole rings is 1. The van der Waals surface area contributed by atoms with Crippen molar-refractivity contribution in [3.05, 3.63) is 11.3 Å². The topological polar surface area (TPSA) is 83.7 Å². The van der Waals surface area contributed by atoms with Crippen molar-refractivity contribution < 1.29 is 23.8 Å². The van der Waals surface area contributed by atoms with Crippen LogP contribution in [0.1, 0.15) is 0 Å². The van der Waals surface area contributed by atoms with Crippen LogP contribution in [-0.2, 0) is 0 Å². The second-order valence-corrected chi connectivity index (χ2v) is 2.55. The molecule has 0 bridgehead atoms. The normalized spacial score (nSPS) is 10.7. The fourth-order valence-corrected chi connectivity index (χ4v) is 1.19. The number of rotatable bonds is 2. The molecule has 0 aliphatic heterocycles. The van der Waals surface area contributed by atoms with Gasteiger partial charge in [-0.15, -0.1) is 0 Å². The van der Waals surface area contributed by atoms with Crippen LogP contribution in [0.25, 0.3) is 11.2 Å². The largest absolute Gasteiger partial charge is 0.708 e. The van der Waals surface area contributed by atoms with Crippen LogP contribution in [0.3, 0.4) is 0 Å². The van der Waals surface area contributed by atoms with Crippen LogP contribution in [0.4, 0.5) is 0 Å². The lowest BCUT2D eigenvalue weighted by Gasteiger charge is -1.98. The van der Waals surface area contributed by atoms with Crippen LogP contribution in [0.15, 0.2) is 10.5 Å². The number of nitrogens with zero attached hydrogens (tertiary/aromatic N) is 2. The number of hydrogen-bond donors (Lipinski definition) is 1. The van der Waals surface area contributed by atoms with E-state index >= 15 is 0 Å². The molecule has 2 rings (SSSR count). The standard InChI is InChI=1S/C7H8N2O5/c1-12-5-3-4-6(14-5)9(11)7(13-2)8(4)10/h3,11H,1-2H3. The molecule has 76 valence electrons. The number of methoxy groups -OCH3 is 2. The second-order valence-electron chi connectivity index (χ2n) is 2.55. The molecule has 0 aliphatic rings. The second kappa shape index (κ2) is 2.72. The number of hydrogen-bond acceptors (Lipinski definition) is 5. The summed E-state index contributed by atoms with van der Waals surface area (Å²) in [5.74, 6) is 0.144. The Kier molecular flexibility index (Phi) is 1.66. The van der Waals surface area contributed by atoms with E-state index in [1.165, 1.54) is 20.3 Å². The molecule has 0 fully saturated rings. The zero-order chi connectivity index (χ0) is 10.3. The molecule has 0 atom stereocenters. The van der Waals surface area contributed by atoms with E-state index in [2.05, 4.69) is 4.74 Å². The van der Waals surface area contributed by atoms with Gasteiger partial charge >= 0.3 is 11.7 Å². The monoisotopic (exact) mass is 200 g/mol. The first kappa shape index (κ1) is 8.54. The summed E-state index contributed by atoms with van der Waals surface area (Å²) in [5, 5.41) is 20.8. The highest BCUT2D eigenvalue weighted by atomic mass is 16.6. The Bertz CT molecular complexity index is 434. The lowest BCUT2D eigenvalue weighted by molar-refractivity contribution is -0.587. The van der Waals surface area contributed by atoms with Crippen molar-refractivity contribution >= 4 is 11.2 Å². The number of ether oxygens (including phenoxy) is 2. The summed E-state index contributed by atoms with van der Waals surface area (Å²) in [6.07, 6.45) is 0. The maximum atomic E-state index is 11.4. The minimum absolute atomic E-state index is 0.0197. The van der Waals surface area contributed by atoms with Gasteiger partial charge in [-0.2, -0.15) is 4.73 Å². The average Bonchev–Trinajstić information content (AvgIpc) is 2.69. The molecule has 0 aromatic carbocycles. The Hall–Kier alpha value is -2.05. The van der Waals surface area contributed by atoms with E-state index in [0.717, 1.165) is 0 Å². The molecule has 14 heavy (non-hydrogen) atoms. The Labute approximate surface area is 78.2 Å². The third-order valence-electron chi connectivity index (χ3n) is 1.82. The van der Waals surface area contributed by atoms with E-state index in [0.29, 0.717) is 9.46 Å². The minimum atomic E-state index is -0.263. The average molecular weight is 200 g/mol. The highest BCUT2D eigenvalue weighted by molar-refractivity contribution is 5.68. The van der Waals surface area contributed by atoms with Crippen LogP contribution in [0.5, 0.6) is 12.0 Å². The smallest absolute Gasteiger partial charge is 0.503 e. The minimum Gasteiger partial charge on any atom is -0.708 e. The van der Waals surface area contributed by atoms with Gasteiger partial charge in [0.05, 0.1) is 20.3 Å². The SMILES string of the molecule is COc1cc2c(o1)n(O)c(OC)[n+]2[O-]. The fourth-order valence-electron chi connectivity index (χ4n) is 1.19. The van der Waals surface area contributed by atoms with Gasteiger partial charge in [-0.05, 0) is 0 Å². The molecule has 7 nitrogen and oxygen atoms in total. The van der Waals surface area contributed by atoms with Crippen molar-refractivity contribution in [3.63, 3.8) is 0 Å². The molecule has 0 radical (unpaired) electrons. The Morgan fingerprint density at radius 3 is 2.71 bits per heavy atom. The Morgan fingerprint density at radius 1 is 1.50 bits per heavy atom. The summed E-state index contributed by atoms with van der Waals surface area (Å²) in [6.45, 7) is 0. The van der Waals surface area contributed by atoms with Gasteiger partial charge in [-0.3, -0.25) is 0 Å². The summed E-state index contributed by atoms with van der Waals surface area (Å²) in [6, 6.07) is 1.10. The van der Waals surface area contributed by atoms with Crippen molar-refractivity contribution in [2.45, 2.75) is 0 Å². The van der Waals surface area contributed by atoms with Crippen molar-refractivity contribution in [2.24, 2.45) is 0 Å². The first-order chi connectivity index (χ1) is 6.69. The molecule has 2 aromatic rings. The molecule has 0 spiro atoms. The maximum Gasteiger partial charge on any atom is 0.503 e. The molecule has 1 N–H and O–H groups in total. The molecular weight excluding hydrogens is 192 g/mol. The molecular formula is C7H8N2O5. The van der Waals surface area contributed by atoms with Crippen molar-refractivity contribution in [2.75, 3.05) is 14.2 Å². The van der Waals surface area contributed by atoms with Gasteiger partial charge in [0.1, 0.15) is 0 Å². The van der Waals surface area contributed by atoms with E-state index in [1.54, 1.807) is 0 Å². The van der Waals surface area contributed by atoms with E-state index in [1.807, 2.05) is 0 Å². The maximum absolute atomic E-state index is 11.4. The molecule has 0 unspecified atom stereocenters. The van der Waals surface area contributed by atoms with Gasteiger partial charge in [0.2, 0.25) is 5.52 Å². The van der Waals surface area contributed by atoms with E-state index < -0.39 is 0 Å². The summed E-state index contributed by atoms with van der Waals surface area (Å²) in [4.78, 5) is 0. The number of furan rings is 1. The molecule has 0 saturated heterocycles. The highest BCUT2D eigenvalue weighted by Crippen LogP contribution is 2.25. The Balaban J connectivity index is 2.74.